The first-order chi connectivity index (χ1) is 7.69. The number of nitriles is 1. The lowest BCUT2D eigenvalue weighted by Gasteiger charge is -2.08. The van der Waals surface area contributed by atoms with Gasteiger partial charge in [0.1, 0.15) is 0 Å². The van der Waals surface area contributed by atoms with Crippen molar-refractivity contribution in [2.45, 2.75) is 18.7 Å². The minimum absolute atomic E-state index is 0.0442. The smallest absolute Gasteiger partial charge is 0.190 e. The van der Waals surface area contributed by atoms with Crippen molar-refractivity contribution in [1.82, 2.24) is 0 Å². The Morgan fingerprint density at radius 3 is 2.44 bits per heavy atom. The minimum atomic E-state index is -0.771. The van der Waals surface area contributed by atoms with Crippen LogP contribution in [0.1, 0.15) is 18.4 Å². The van der Waals surface area contributed by atoms with Crippen molar-refractivity contribution in [3.63, 3.8) is 0 Å². The van der Waals surface area contributed by atoms with Crippen LogP contribution in [0.25, 0.3) is 0 Å². The Kier molecular flexibility index (Phi) is 5.00. The van der Waals surface area contributed by atoms with Crippen LogP contribution in [0.5, 0.6) is 5.75 Å². The van der Waals surface area contributed by atoms with Gasteiger partial charge in [0.2, 0.25) is 0 Å². The highest BCUT2D eigenvalue weighted by atomic mass is 35.5. The van der Waals surface area contributed by atoms with Crippen LogP contribution in [-0.2, 0) is 5.88 Å². The van der Waals surface area contributed by atoms with E-state index in [-0.39, 0.29) is 12.5 Å². The molecule has 0 saturated carbocycles. The lowest BCUT2D eigenvalue weighted by Crippen LogP contribution is -2.02. The molecule has 5 heteroatoms. The van der Waals surface area contributed by atoms with Gasteiger partial charge in [-0.1, -0.05) is 0 Å². The van der Waals surface area contributed by atoms with Gasteiger partial charge >= 0.3 is 0 Å². The molecule has 0 N–H and O–H groups in total. The Labute approximate surface area is 97.4 Å². The number of halogens is 3. The highest BCUT2D eigenvalue weighted by molar-refractivity contribution is 6.17. The molecule has 0 atom stereocenters. The summed E-state index contributed by atoms with van der Waals surface area (Å²) in [6, 6.07) is 4.19. The van der Waals surface area contributed by atoms with Gasteiger partial charge in [0, 0.05) is 12.3 Å². The summed E-state index contributed by atoms with van der Waals surface area (Å²) < 4.78 is 31.6. The minimum Gasteiger partial charge on any atom is -0.488 e. The lowest BCUT2D eigenvalue weighted by molar-refractivity contribution is 0.281. The van der Waals surface area contributed by atoms with E-state index in [2.05, 4.69) is 0 Å². The fraction of sp³-hybridized carbons (Fsp3) is 0.364. The summed E-state index contributed by atoms with van der Waals surface area (Å²) in [5.74, 6) is -1.91. The number of ether oxygens (including phenoxy) is 1. The zero-order chi connectivity index (χ0) is 12.0. The third-order valence-corrected chi connectivity index (χ3v) is 2.20. The second kappa shape index (κ2) is 6.29. The molecule has 0 aliphatic heterocycles. The second-order valence-corrected chi connectivity index (χ2v) is 3.40. The Morgan fingerprint density at radius 1 is 1.31 bits per heavy atom. The third kappa shape index (κ3) is 3.35. The average Bonchev–Trinajstić information content (AvgIpc) is 2.26. The van der Waals surface area contributed by atoms with Crippen LogP contribution in [0.4, 0.5) is 8.78 Å². The van der Waals surface area contributed by atoms with Crippen LogP contribution in [0.3, 0.4) is 0 Å². The van der Waals surface area contributed by atoms with Gasteiger partial charge in [-0.2, -0.15) is 5.26 Å². The molecule has 0 amide bonds. The zero-order valence-electron chi connectivity index (χ0n) is 8.47. The van der Waals surface area contributed by atoms with Crippen LogP contribution < -0.4 is 4.74 Å². The number of nitrogens with zero attached hydrogens (tertiary/aromatic N) is 1. The van der Waals surface area contributed by atoms with Crippen molar-refractivity contribution in [2.24, 2.45) is 0 Å². The quantitative estimate of drug-likeness (QED) is 0.588. The molecule has 1 rings (SSSR count). The van der Waals surface area contributed by atoms with Crippen LogP contribution >= 0.6 is 11.6 Å². The molecule has 0 radical (unpaired) electrons. The number of alkyl halides is 1. The van der Waals surface area contributed by atoms with Gasteiger partial charge in [-0.3, -0.25) is 0 Å². The molecule has 2 nitrogen and oxygen atoms in total. The van der Waals surface area contributed by atoms with E-state index in [9.17, 15) is 8.78 Å². The van der Waals surface area contributed by atoms with E-state index in [1.54, 1.807) is 0 Å². The average molecular weight is 246 g/mol. The maximum atomic E-state index is 13.3. The monoisotopic (exact) mass is 245 g/mol. The van der Waals surface area contributed by atoms with Crippen molar-refractivity contribution < 1.29 is 13.5 Å². The molecule has 0 unspecified atom stereocenters. The second-order valence-electron chi connectivity index (χ2n) is 3.13. The summed E-state index contributed by atoms with van der Waals surface area (Å²) >= 11 is 5.46. The van der Waals surface area contributed by atoms with Gasteiger partial charge in [-0.25, -0.2) is 8.78 Å². The SMILES string of the molecule is N#CCCCOc1c(F)cc(CCl)cc1F. The summed E-state index contributed by atoms with van der Waals surface area (Å²) in [4.78, 5) is 0. The molecule has 16 heavy (non-hydrogen) atoms. The van der Waals surface area contributed by atoms with Crippen molar-refractivity contribution in [1.29, 1.82) is 5.26 Å². The van der Waals surface area contributed by atoms with E-state index in [1.807, 2.05) is 6.07 Å². The Morgan fingerprint density at radius 2 is 1.94 bits per heavy atom. The summed E-state index contributed by atoms with van der Waals surface area (Å²) in [5.41, 5.74) is 0.362. The first kappa shape index (κ1) is 12.7. The summed E-state index contributed by atoms with van der Waals surface area (Å²) in [5, 5.41) is 8.27. The fourth-order valence-electron chi connectivity index (χ4n) is 1.15. The van der Waals surface area contributed by atoms with Gasteiger partial charge < -0.3 is 4.74 Å². The van der Waals surface area contributed by atoms with Gasteiger partial charge in [0.25, 0.3) is 0 Å². The van der Waals surface area contributed by atoms with Crippen molar-refractivity contribution >= 4 is 11.6 Å². The maximum Gasteiger partial charge on any atom is 0.190 e. The van der Waals surface area contributed by atoms with Gasteiger partial charge in [-0.05, 0) is 24.1 Å². The topological polar surface area (TPSA) is 33.0 Å². The van der Waals surface area contributed by atoms with Gasteiger partial charge in [0.15, 0.2) is 17.4 Å². The molecular weight excluding hydrogens is 236 g/mol. The molecule has 1 aromatic rings. The molecule has 1 aromatic carbocycles. The maximum absolute atomic E-state index is 13.3. The van der Waals surface area contributed by atoms with Crippen molar-refractivity contribution in [3.05, 3.63) is 29.3 Å². The predicted octanol–water partition coefficient (Wildman–Crippen LogP) is 3.39. The van der Waals surface area contributed by atoms with Crippen molar-refractivity contribution in [3.8, 4) is 11.8 Å². The Balaban J connectivity index is 2.69. The lowest BCUT2D eigenvalue weighted by atomic mass is 10.2. The first-order valence-corrected chi connectivity index (χ1v) is 5.26. The molecule has 0 fully saturated rings. The van der Waals surface area contributed by atoms with Crippen LogP contribution in [0.2, 0.25) is 0 Å². The zero-order valence-corrected chi connectivity index (χ0v) is 9.23. The van der Waals surface area contributed by atoms with Crippen LogP contribution in [0, 0.1) is 23.0 Å². The Hall–Kier alpha value is -1.34. The first-order valence-electron chi connectivity index (χ1n) is 4.72. The number of hydrogen-bond acceptors (Lipinski definition) is 2. The molecule has 0 aliphatic carbocycles. The van der Waals surface area contributed by atoms with E-state index in [0.717, 1.165) is 12.1 Å². The molecule has 0 bridgehead atoms. The number of rotatable bonds is 5. The van der Waals surface area contributed by atoms with E-state index in [4.69, 9.17) is 21.6 Å². The Bertz CT molecular complexity index is 380. The van der Waals surface area contributed by atoms with E-state index in [1.165, 1.54) is 0 Å². The number of benzene rings is 1. The van der Waals surface area contributed by atoms with E-state index < -0.39 is 17.4 Å². The molecule has 0 aromatic heterocycles. The highest BCUT2D eigenvalue weighted by Crippen LogP contribution is 2.24. The summed E-state index contributed by atoms with van der Waals surface area (Å²) in [6.07, 6.45) is 0.732. The number of hydrogen-bond donors (Lipinski definition) is 0. The summed E-state index contributed by atoms with van der Waals surface area (Å²) in [6.45, 7) is 0.113. The van der Waals surface area contributed by atoms with Gasteiger partial charge in [0.05, 0.1) is 12.7 Å². The third-order valence-electron chi connectivity index (χ3n) is 1.89. The van der Waals surface area contributed by atoms with Gasteiger partial charge in [-0.15, -0.1) is 11.6 Å². The van der Waals surface area contributed by atoms with E-state index >= 15 is 0 Å². The molecule has 0 heterocycles. The van der Waals surface area contributed by atoms with Crippen LogP contribution in [-0.4, -0.2) is 6.61 Å². The van der Waals surface area contributed by atoms with E-state index in [0.29, 0.717) is 18.4 Å². The highest BCUT2D eigenvalue weighted by Gasteiger charge is 2.12. The molecule has 0 spiro atoms. The van der Waals surface area contributed by atoms with Crippen molar-refractivity contribution in [2.75, 3.05) is 6.61 Å². The summed E-state index contributed by atoms with van der Waals surface area (Å²) in [7, 11) is 0. The predicted molar refractivity (Wildman–Crippen MR) is 56.3 cm³/mol. The molecule has 86 valence electrons. The number of unbranched alkanes of at least 4 members (excludes halogenated alkanes) is 1. The normalized spacial score (nSPS) is 9.88. The largest absolute Gasteiger partial charge is 0.488 e. The fourth-order valence-corrected chi connectivity index (χ4v) is 1.31. The van der Waals surface area contributed by atoms with Crippen LogP contribution in [0.15, 0.2) is 12.1 Å². The molecular formula is C11H10ClF2NO. The molecule has 0 aliphatic rings. The standard InChI is InChI=1S/C11H10ClF2NO/c12-7-8-5-9(13)11(10(14)6-8)16-4-2-1-3-15/h5-6H,1-2,4,7H2. The molecule has 0 saturated heterocycles.